The van der Waals surface area contributed by atoms with E-state index in [0.717, 1.165) is 12.7 Å². The van der Waals surface area contributed by atoms with Crippen LogP contribution in [0.4, 0.5) is 0 Å². The zero-order valence-corrected chi connectivity index (χ0v) is 11.8. The van der Waals surface area contributed by atoms with Gasteiger partial charge in [-0.05, 0) is 18.1 Å². The molecule has 1 heterocycles. The number of carbonyl (C=O) groups is 1. The molecule has 0 aromatic heterocycles. The molecule has 2 rings (SSSR count). The number of thioether (sulfide) groups is 1. The molecule has 6 N–H and O–H groups in total. The Bertz CT molecular complexity index is 498. The van der Waals surface area contributed by atoms with E-state index in [0.29, 0.717) is 29.0 Å². The number of aliphatic hydroxyl groups is 1. The van der Waals surface area contributed by atoms with Crippen molar-refractivity contribution in [3.63, 3.8) is 0 Å². The normalized spacial score (nSPS) is 17.4. The summed E-state index contributed by atoms with van der Waals surface area (Å²) in [4.78, 5) is 10.9. The van der Waals surface area contributed by atoms with E-state index in [1.165, 1.54) is 18.0 Å². The van der Waals surface area contributed by atoms with Gasteiger partial charge in [0.1, 0.15) is 5.75 Å². The Kier molecular flexibility index (Phi) is 6.43. The zero-order valence-electron chi connectivity index (χ0n) is 11.0. The molecule has 0 amide bonds. The van der Waals surface area contributed by atoms with Gasteiger partial charge < -0.3 is 26.3 Å². The number of aldehydes is 1. The molecule has 20 heavy (non-hydrogen) atoms. The Labute approximate surface area is 121 Å². The van der Waals surface area contributed by atoms with E-state index in [2.05, 4.69) is 0 Å². The molecule has 0 fully saturated rings. The maximum atomic E-state index is 10.9. The summed E-state index contributed by atoms with van der Waals surface area (Å²) in [5.41, 5.74) is 12.2. The molecular formula is C12H17BN2O4S. The summed E-state index contributed by atoms with van der Waals surface area (Å²) in [5.74, 6) is 0.451. The fraction of sp³-hybridized carbons (Fsp3) is 0.250. The van der Waals surface area contributed by atoms with Gasteiger partial charge in [0.05, 0.1) is 15.7 Å². The van der Waals surface area contributed by atoms with Crippen LogP contribution in [0.5, 0.6) is 5.75 Å². The minimum atomic E-state index is -1.01. The smallest absolute Gasteiger partial charge is 0.535 e. The van der Waals surface area contributed by atoms with Crippen LogP contribution < -0.4 is 16.1 Å². The van der Waals surface area contributed by atoms with Gasteiger partial charge in [-0.3, -0.25) is 4.79 Å². The van der Waals surface area contributed by atoms with Crippen molar-refractivity contribution in [3.8, 4) is 5.75 Å². The van der Waals surface area contributed by atoms with Gasteiger partial charge in [-0.15, -0.1) is 11.8 Å². The minimum absolute atomic E-state index is 0.237. The first-order valence-corrected chi connectivity index (χ1v) is 6.74. The topological polar surface area (TPSA) is 119 Å². The summed E-state index contributed by atoms with van der Waals surface area (Å²) in [5, 5.41) is 17.1. The molecule has 0 aliphatic carbocycles. The number of aliphatic hydroxyl groups excluding tert-OH is 1. The third-order valence-corrected chi connectivity index (χ3v) is 3.79. The van der Waals surface area contributed by atoms with E-state index < -0.39 is 7.12 Å². The van der Waals surface area contributed by atoms with Crippen molar-refractivity contribution >= 4 is 25.2 Å². The van der Waals surface area contributed by atoms with Crippen LogP contribution in [0, 0.1) is 0 Å². The van der Waals surface area contributed by atoms with E-state index in [1.807, 2.05) is 6.07 Å². The van der Waals surface area contributed by atoms with Gasteiger partial charge in [0.2, 0.25) is 0 Å². The van der Waals surface area contributed by atoms with Crippen molar-refractivity contribution in [2.24, 2.45) is 11.5 Å². The Balaban J connectivity index is 0.000000956. The Hall–Kier alpha value is -1.64. The lowest BCUT2D eigenvalue weighted by molar-refractivity contribution is 0.112. The van der Waals surface area contributed by atoms with Crippen LogP contribution in [0.25, 0.3) is 0 Å². The van der Waals surface area contributed by atoms with Gasteiger partial charge in [0.15, 0.2) is 6.29 Å². The first-order chi connectivity index (χ1) is 9.65. The number of benzene rings is 1. The van der Waals surface area contributed by atoms with Crippen molar-refractivity contribution in [1.29, 1.82) is 0 Å². The molecule has 0 spiro atoms. The largest absolute Gasteiger partial charge is 0.537 e. The molecule has 0 saturated carbocycles. The fourth-order valence-electron chi connectivity index (χ4n) is 1.83. The predicted molar refractivity (Wildman–Crippen MR) is 80.1 cm³/mol. The van der Waals surface area contributed by atoms with Gasteiger partial charge >= 0.3 is 7.12 Å². The fourth-order valence-corrected chi connectivity index (χ4v) is 2.69. The van der Waals surface area contributed by atoms with Crippen LogP contribution >= 0.6 is 11.8 Å². The molecule has 108 valence electrons. The van der Waals surface area contributed by atoms with E-state index in [9.17, 15) is 9.82 Å². The standard InChI is InChI=1S/C11H13BN2O3S.CH4O/c13-5-10(14)18-9-4-7-2-1-3-8(6-15)11(7)17-12(9)16;1-2/h1-3,5-6,9,16H,4,13-14H2;2H,1H3/b10-5+;. The van der Waals surface area contributed by atoms with Crippen molar-refractivity contribution in [1.82, 2.24) is 0 Å². The average Bonchev–Trinajstić information content (AvgIpc) is 2.49. The van der Waals surface area contributed by atoms with E-state index >= 15 is 0 Å². The lowest BCUT2D eigenvalue weighted by atomic mass is 9.77. The maximum Gasteiger partial charge on any atom is 0.537 e. The summed E-state index contributed by atoms with van der Waals surface area (Å²) in [6, 6.07) is 5.30. The maximum absolute atomic E-state index is 10.9. The first-order valence-electron chi connectivity index (χ1n) is 5.86. The molecular weight excluding hydrogens is 279 g/mol. The highest BCUT2D eigenvalue weighted by Gasteiger charge is 2.36. The lowest BCUT2D eigenvalue weighted by Crippen LogP contribution is -2.41. The van der Waals surface area contributed by atoms with Crippen LogP contribution in [0.15, 0.2) is 29.4 Å². The quantitative estimate of drug-likeness (QED) is 0.453. The van der Waals surface area contributed by atoms with Crippen LogP contribution in [0.1, 0.15) is 15.9 Å². The number of carbonyl (C=O) groups excluding carboxylic acids is 1. The summed E-state index contributed by atoms with van der Waals surface area (Å²) < 4.78 is 5.39. The van der Waals surface area contributed by atoms with Crippen molar-refractivity contribution < 1.29 is 19.6 Å². The molecule has 0 radical (unpaired) electrons. The summed E-state index contributed by atoms with van der Waals surface area (Å²) in [6.45, 7) is 0. The Morgan fingerprint density at radius 1 is 1.55 bits per heavy atom. The SMILES string of the molecule is CO.N/C=C(\N)SC1Cc2cccc(C=O)c2OB1O. The summed E-state index contributed by atoms with van der Waals surface area (Å²) in [7, 11) is -0.0119. The van der Waals surface area contributed by atoms with Gasteiger partial charge in [0, 0.05) is 13.3 Å². The predicted octanol–water partition coefficient (Wildman–Crippen LogP) is -0.120. The molecule has 0 bridgehead atoms. The Morgan fingerprint density at radius 3 is 2.85 bits per heavy atom. The number of fused-ring (bicyclic) bond motifs is 1. The van der Waals surface area contributed by atoms with Crippen molar-refractivity contribution in [3.05, 3.63) is 40.6 Å². The van der Waals surface area contributed by atoms with E-state index in [-0.39, 0.29) is 5.15 Å². The molecule has 1 atom stereocenters. The second-order valence-corrected chi connectivity index (χ2v) is 5.20. The Morgan fingerprint density at radius 2 is 2.25 bits per heavy atom. The van der Waals surface area contributed by atoms with Crippen LogP contribution in [0.2, 0.25) is 0 Å². The van der Waals surface area contributed by atoms with Gasteiger partial charge in [-0.25, -0.2) is 0 Å². The molecule has 1 unspecified atom stereocenters. The molecule has 1 aromatic carbocycles. The molecule has 1 aliphatic rings. The number of hydrogen-bond donors (Lipinski definition) is 4. The number of hydrogen-bond acceptors (Lipinski definition) is 7. The molecule has 1 aliphatic heterocycles. The lowest BCUT2D eigenvalue weighted by Gasteiger charge is -2.27. The second-order valence-electron chi connectivity index (χ2n) is 3.89. The summed E-state index contributed by atoms with van der Waals surface area (Å²) in [6.07, 6.45) is 2.57. The van der Waals surface area contributed by atoms with Crippen molar-refractivity contribution in [2.75, 3.05) is 7.11 Å². The van der Waals surface area contributed by atoms with Gasteiger partial charge in [0.25, 0.3) is 0 Å². The van der Waals surface area contributed by atoms with E-state index in [1.54, 1.807) is 12.1 Å². The highest BCUT2D eigenvalue weighted by Crippen LogP contribution is 2.34. The number of nitrogens with two attached hydrogens (primary N) is 2. The number of para-hydroxylation sites is 1. The highest BCUT2D eigenvalue weighted by molar-refractivity contribution is 8.04. The average molecular weight is 296 g/mol. The molecule has 0 saturated heterocycles. The highest BCUT2D eigenvalue weighted by atomic mass is 32.2. The van der Waals surface area contributed by atoms with Crippen molar-refractivity contribution in [2.45, 2.75) is 11.6 Å². The van der Waals surface area contributed by atoms with Gasteiger partial charge in [-0.2, -0.15) is 0 Å². The number of rotatable bonds is 3. The van der Waals surface area contributed by atoms with Crippen LogP contribution in [-0.2, 0) is 6.42 Å². The zero-order chi connectivity index (χ0) is 15.1. The third-order valence-electron chi connectivity index (χ3n) is 2.68. The van der Waals surface area contributed by atoms with Crippen LogP contribution in [-0.4, -0.2) is 35.8 Å². The summed E-state index contributed by atoms with van der Waals surface area (Å²) >= 11 is 1.26. The molecule has 1 aromatic rings. The minimum Gasteiger partial charge on any atom is -0.535 e. The second kappa shape index (κ2) is 7.83. The van der Waals surface area contributed by atoms with Crippen LogP contribution in [0.3, 0.4) is 0 Å². The van der Waals surface area contributed by atoms with Gasteiger partial charge in [-0.1, -0.05) is 12.1 Å². The monoisotopic (exact) mass is 296 g/mol. The third kappa shape index (κ3) is 3.69. The van der Waals surface area contributed by atoms with E-state index in [4.69, 9.17) is 21.2 Å². The first kappa shape index (κ1) is 16.4. The molecule has 8 heteroatoms. The molecule has 6 nitrogen and oxygen atoms in total.